The lowest BCUT2D eigenvalue weighted by Crippen LogP contribution is -2.57. The molecular formula is C20H39N9O6. The van der Waals surface area contributed by atoms with Gasteiger partial charge in [-0.3, -0.25) is 29.0 Å². The fourth-order valence-corrected chi connectivity index (χ4v) is 2.89. The molecular weight excluding hydrogens is 462 g/mol. The normalized spacial score (nSPS) is 14.0. The van der Waals surface area contributed by atoms with Gasteiger partial charge in [-0.2, -0.15) is 0 Å². The molecule has 0 aromatic rings. The minimum Gasteiger partial charge on any atom is -0.480 e. The van der Waals surface area contributed by atoms with Gasteiger partial charge in [0.05, 0.1) is 6.04 Å². The standard InChI is InChI=1S/C20H39N9O6/c1-11(19(34)35)27-17(32)13(6-2-3-9-21)29-18(33)14(7-8-15(23)30)28-16(31)12(22)5-4-10-26-20(24)25/h11-14H,2-10,21-22H2,1H3,(H2,23,30)(H,27,32)(H,28,31)(H,29,33)(H,34,35)(H4,24,25,26). The van der Waals surface area contributed by atoms with Gasteiger partial charge in [0.2, 0.25) is 23.6 Å². The van der Waals surface area contributed by atoms with Gasteiger partial charge in [0.1, 0.15) is 18.1 Å². The molecule has 0 radical (unpaired) electrons. The summed E-state index contributed by atoms with van der Waals surface area (Å²) in [5.74, 6) is -4.13. The van der Waals surface area contributed by atoms with Crippen LogP contribution in [0.4, 0.5) is 0 Å². The Hall–Kier alpha value is -3.46. The highest BCUT2D eigenvalue weighted by Crippen LogP contribution is 2.06. The number of amides is 4. The van der Waals surface area contributed by atoms with E-state index in [-0.39, 0.29) is 38.2 Å². The van der Waals surface area contributed by atoms with E-state index in [1.54, 1.807) is 0 Å². The third-order valence-corrected chi connectivity index (χ3v) is 4.93. The Morgan fingerprint density at radius 1 is 0.829 bits per heavy atom. The maximum absolute atomic E-state index is 12.9. The first-order valence-electron chi connectivity index (χ1n) is 11.3. The molecule has 0 aliphatic rings. The Morgan fingerprint density at radius 2 is 1.40 bits per heavy atom. The molecule has 0 saturated carbocycles. The number of hydrogen-bond acceptors (Lipinski definition) is 8. The monoisotopic (exact) mass is 501 g/mol. The van der Waals surface area contributed by atoms with Crippen molar-refractivity contribution in [3.8, 4) is 0 Å². The van der Waals surface area contributed by atoms with Crippen LogP contribution in [0.2, 0.25) is 0 Å². The van der Waals surface area contributed by atoms with Gasteiger partial charge < -0.3 is 49.7 Å². The number of carboxylic acid groups (broad SMARTS) is 1. The van der Waals surface area contributed by atoms with Crippen molar-refractivity contribution in [2.45, 2.75) is 76.0 Å². The number of guanidine groups is 1. The number of carboxylic acids is 1. The van der Waals surface area contributed by atoms with Gasteiger partial charge in [0.25, 0.3) is 0 Å². The first-order chi connectivity index (χ1) is 16.4. The summed E-state index contributed by atoms with van der Waals surface area (Å²) in [7, 11) is 0. The molecule has 14 N–H and O–H groups in total. The summed E-state index contributed by atoms with van der Waals surface area (Å²) in [5.41, 5.74) is 27.0. The summed E-state index contributed by atoms with van der Waals surface area (Å²) < 4.78 is 0. The number of primary amides is 1. The fraction of sp³-hybridized carbons (Fsp3) is 0.700. The Bertz CT molecular complexity index is 757. The van der Waals surface area contributed by atoms with E-state index < -0.39 is 53.8 Å². The van der Waals surface area contributed by atoms with Crippen molar-refractivity contribution in [1.82, 2.24) is 16.0 Å². The van der Waals surface area contributed by atoms with Crippen LogP contribution < -0.4 is 44.6 Å². The van der Waals surface area contributed by atoms with E-state index in [1.165, 1.54) is 6.92 Å². The molecule has 0 spiro atoms. The molecule has 4 unspecified atom stereocenters. The van der Waals surface area contributed by atoms with Crippen LogP contribution in [-0.2, 0) is 24.0 Å². The third kappa shape index (κ3) is 14.4. The molecule has 0 aliphatic heterocycles. The highest BCUT2D eigenvalue weighted by atomic mass is 16.4. The Balaban J connectivity index is 5.33. The summed E-state index contributed by atoms with van der Waals surface area (Å²) in [6.45, 7) is 1.92. The van der Waals surface area contributed by atoms with E-state index in [2.05, 4.69) is 20.9 Å². The number of aliphatic imine (C=N–C) groups is 1. The predicted octanol–water partition coefficient (Wildman–Crippen LogP) is -3.68. The maximum atomic E-state index is 12.9. The SMILES string of the molecule is CC(NC(=O)C(CCCCN)NC(=O)C(CCC(N)=O)NC(=O)C(N)CCCN=C(N)N)C(=O)O. The number of carbonyl (C=O) groups is 5. The molecule has 15 heteroatoms. The van der Waals surface area contributed by atoms with E-state index in [0.29, 0.717) is 25.8 Å². The van der Waals surface area contributed by atoms with Crippen LogP contribution in [-0.4, -0.2) is 77.9 Å². The average molecular weight is 502 g/mol. The quantitative estimate of drug-likeness (QED) is 0.0503. The molecule has 15 nitrogen and oxygen atoms in total. The van der Waals surface area contributed by atoms with Gasteiger partial charge in [-0.15, -0.1) is 0 Å². The topological polar surface area (TPSA) is 284 Å². The second kappa shape index (κ2) is 17.0. The molecule has 0 aliphatic carbocycles. The van der Waals surface area contributed by atoms with Crippen molar-refractivity contribution < 1.29 is 29.1 Å². The largest absolute Gasteiger partial charge is 0.480 e. The van der Waals surface area contributed by atoms with Gasteiger partial charge in [0.15, 0.2) is 5.96 Å². The van der Waals surface area contributed by atoms with E-state index in [1.807, 2.05) is 0 Å². The third-order valence-electron chi connectivity index (χ3n) is 4.93. The number of rotatable bonds is 18. The molecule has 0 aromatic carbocycles. The minimum absolute atomic E-state index is 0.0889. The van der Waals surface area contributed by atoms with E-state index in [9.17, 15) is 24.0 Å². The van der Waals surface area contributed by atoms with E-state index >= 15 is 0 Å². The zero-order chi connectivity index (χ0) is 27.0. The number of nitrogens with zero attached hydrogens (tertiary/aromatic N) is 1. The van der Waals surface area contributed by atoms with Crippen molar-refractivity contribution in [2.75, 3.05) is 13.1 Å². The fourth-order valence-electron chi connectivity index (χ4n) is 2.89. The average Bonchev–Trinajstić information content (AvgIpc) is 2.77. The maximum Gasteiger partial charge on any atom is 0.325 e. The highest BCUT2D eigenvalue weighted by molar-refractivity contribution is 5.94. The van der Waals surface area contributed by atoms with Crippen LogP contribution >= 0.6 is 0 Å². The molecule has 0 rings (SSSR count). The Morgan fingerprint density at radius 3 is 1.94 bits per heavy atom. The Kier molecular flexibility index (Phi) is 15.4. The van der Waals surface area contributed by atoms with Crippen molar-refractivity contribution in [1.29, 1.82) is 0 Å². The van der Waals surface area contributed by atoms with E-state index in [4.69, 9.17) is 33.8 Å². The molecule has 35 heavy (non-hydrogen) atoms. The van der Waals surface area contributed by atoms with Crippen LogP contribution in [0.5, 0.6) is 0 Å². The second-order valence-corrected chi connectivity index (χ2v) is 8.04. The number of carbonyl (C=O) groups excluding carboxylic acids is 4. The number of nitrogens with two attached hydrogens (primary N) is 5. The van der Waals surface area contributed by atoms with Crippen LogP contribution in [0.25, 0.3) is 0 Å². The van der Waals surface area contributed by atoms with Crippen molar-refractivity contribution in [3.63, 3.8) is 0 Å². The molecule has 0 aromatic heterocycles. The summed E-state index contributed by atoms with van der Waals surface area (Å²) in [5, 5.41) is 16.3. The minimum atomic E-state index is -1.24. The van der Waals surface area contributed by atoms with Gasteiger partial charge in [-0.1, -0.05) is 0 Å². The summed E-state index contributed by atoms with van der Waals surface area (Å²) in [6.07, 6.45) is 1.54. The van der Waals surface area contributed by atoms with Gasteiger partial charge in [0, 0.05) is 13.0 Å². The van der Waals surface area contributed by atoms with Gasteiger partial charge >= 0.3 is 5.97 Å². The zero-order valence-electron chi connectivity index (χ0n) is 20.0. The molecule has 200 valence electrons. The summed E-state index contributed by atoms with van der Waals surface area (Å²) in [4.78, 5) is 64.1. The number of hydrogen-bond donors (Lipinski definition) is 9. The first kappa shape index (κ1) is 31.5. The van der Waals surface area contributed by atoms with Crippen LogP contribution in [0.3, 0.4) is 0 Å². The lowest BCUT2D eigenvalue weighted by molar-refractivity contribution is -0.141. The highest BCUT2D eigenvalue weighted by Gasteiger charge is 2.29. The lowest BCUT2D eigenvalue weighted by Gasteiger charge is -2.24. The van der Waals surface area contributed by atoms with Crippen LogP contribution in [0, 0.1) is 0 Å². The molecule has 0 saturated heterocycles. The summed E-state index contributed by atoms with van der Waals surface area (Å²) >= 11 is 0. The molecule has 0 bridgehead atoms. The van der Waals surface area contributed by atoms with E-state index in [0.717, 1.165) is 0 Å². The second-order valence-electron chi connectivity index (χ2n) is 8.04. The Labute approximate surface area is 204 Å². The number of unbranched alkanes of at least 4 members (excludes halogenated alkanes) is 1. The van der Waals surface area contributed by atoms with Crippen molar-refractivity contribution >= 4 is 35.6 Å². The van der Waals surface area contributed by atoms with Gasteiger partial charge in [-0.25, -0.2) is 0 Å². The zero-order valence-corrected chi connectivity index (χ0v) is 20.0. The molecule has 4 atom stereocenters. The lowest BCUT2D eigenvalue weighted by atomic mass is 10.0. The van der Waals surface area contributed by atoms with Gasteiger partial charge in [-0.05, 0) is 52.0 Å². The first-order valence-corrected chi connectivity index (χ1v) is 11.3. The van der Waals surface area contributed by atoms with Crippen molar-refractivity contribution in [2.24, 2.45) is 33.7 Å². The molecule has 4 amide bonds. The number of aliphatic carboxylic acids is 1. The van der Waals surface area contributed by atoms with Crippen LogP contribution in [0.1, 0.15) is 51.9 Å². The smallest absolute Gasteiger partial charge is 0.325 e. The van der Waals surface area contributed by atoms with Crippen LogP contribution in [0.15, 0.2) is 4.99 Å². The molecule has 0 fully saturated rings. The predicted molar refractivity (Wildman–Crippen MR) is 128 cm³/mol. The molecule has 0 heterocycles. The summed E-state index contributed by atoms with van der Waals surface area (Å²) in [6, 6.07) is -4.45. The number of nitrogens with one attached hydrogen (secondary N) is 3. The van der Waals surface area contributed by atoms with Crippen molar-refractivity contribution in [3.05, 3.63) is 0 Å².